The van der Waals surface area contributed by atoms with Crippen LogP contribution in [-0.4, -0.2) is 135 Å². The number of hydrogen-bond donors (Lipinski definition) is 14. The Morgan fingerprint density at radius 1 is 0.675 bits per heavy atom. The maximum atomic E-state index is 14.3. The van der Waals surface area contributed by atoms with Crippen molar-refractivity contribution in [2.24, 2.45) is 29.2 Å². The molecule has 432 valence electrons. The smallest absolute Gasteiger partial charge is 0.243 e. The average molecular weight is 1110 g/mol. The third-order valence-corrected chi connectivity index (χ3v) is 14.0. The first-order valence-electron chi connectivity index (χ1n) is 27.3. The second-order valence-electron chi connectivity index (χ2n) is 21.9. The van der Waals surface area contributed by atoms with Crippen LogP contribution in [0.1, 0.15) is 96.7 Å². The summed E-state index contributed by atoms with van der Waals surface area (Å²) in [5, 5.41) is 27.3. The molecule has 5 aromatic rings. The Morgan fingerprint density at radius 3 is 2.00 bits per heavy atom. The van der Waals surface area contributed by atoms with Crippen LogP contribution in [0.2, 0.25) is 0 Å². The van der Waals surface area contributed by atoms with Crippen molar-refractivity contribution in [3.63, 3.8) is 0 Å². The Kier molecular flexibility index (Phi) is 21.9. The number of carbonyl (C=O) groups is 9. The Bertz CT molecular complexity index is 2970. The van der Waals surface area contributed by atoms with Gasteiger partial charge in [0.05, 0.1) is 25.0 Å². The lowest BCUT2D eigenvalue weighted by atomic mass is 9.97. The minimum atomic E-state index is -1.32. The standard InChI is InChI=1S/C56H79N15O9/c1-29(2)18-35(25-61-42(50(58)74)19-30(3)4)66-55(79)45(21-34-24-59-28-64-34)68-48(73)27-63-56(80)49(31(5)6)71-51(75)32(7)65-54(78)44(20-33-23-60-39-14-10-8-12-36(33)39)70-52(76)41(16-17-47(57)72)69-53(77)43-22-38-37-13-9-11-15-40(37)67-46(38)26-62-43/h8-15,23-24,28-32,35,41-45,49,60-62,67H,16-22,25-27H2,1-7H3,(H2,57,72)(H2,58,74)(H,59,64)(H,63,80)(H,65,78)(H,66,79)(H,68,73)(H,69,77)(H,70,76)(H,71,75). The van der Waals surface area contributed by atoms with E-state index in [9.17, 15) is 43.2 Å². The highest BCUT2D eigenvalue weighted by molar-refractivity contribution is 5.98. The van der Waals surface area contributed by atoms with Gasteiger partial charge in [0.15, 0.2) is 0 Å². The highest BCUT2D eigenvalue weighted by atomic mass is 16.2. The fraction of sp³-hybridized carbons (Fsp3) is 0.500. The van der Waals surface area contributed by atoms with Crippen molar-refractivity contribution in [3.05, 3.63) is 89.8 Å². The number of para-hydroxylation sites is 2. The normalized spacial score (nSPS) is 15.9. The Hall–Kier alpha value is -8.12. The zero-order valence-electron chi connectivity index (χ0n) is 46.5. The number of imidazole rings is 1. The lowest BCUT2D eigenvalue weighted by Crippen LogP contribution is -2.60. The second-order valence-corrected chi connectivity index (χ2v) is 21.9. The highest BCUT2D eigenvalue weighted by Crippen LogP contribution is 2.27. The first-order valence-corrected chi connectivity index (χ1v) is 27.3. The number of aromatic amines is 3. The van der Waals surface area contributed by atoms with Crippen LogP contribution in [0.4, 0.5) is 0 Å². The van der Waals surface area contributed by atoms with E-state index in [0.29, 0.717) is 37.1 Å². The zero-order valence-corrected chi connectivity index (χ0v) is 46.5. The molecule has 80 heavy (non-hydrogen) atoms. The van der Waals surface area contributed by atoms with Gasteiger partial charge >= 0.3 is 0 Å². The van der Waals surface area contributed by atoms with Gasteiger partial charge in [-0.05, 0) is 73.6 Å². The number of H-pyrrole nitrogens is 3. The van der Waals surface area contributed by atoms with Crippen LogP contribution in [0, 0.1) is 17.8 Å². The number of nitrogens with one attached hydrogen (secondary N) is 12. The van der Waals surface area contributed by atoms with Gasteiger partial charge in [0.1, 0.15) is 30.2 Å². The number of aromatic nitrogens is 4. The van der Waals surface area contributed by atoms with E-state index in [1.807, 2.05) is 76.2 Å². The summed E-state index contributed by atoms with van der Waals surface area (Å²) in [5.74, 6) is -6.09. The topological polar surface area (TPSA) is 374 Å². The number of nitrogens with zero attached hydrogens (tertiary/aromatic N) is 1. The number of benzene rings is 2. The van der Waals surface area contributed by atoms with E-state index < -0.39 is 114 Å². The maximum absolute atomic E-state index is 14.3. The van der Waals surface area contributed by atoms with Gasteiger partial charge in [-0.15, -0.1) is 0 Å². The molecule has 1 aliphatic heterocycles. The number of hydrogen-bond acceptors (Lipinski definition) is 12. The van der Waals surface area contributed by atoms with E-state index in [1.54, 1.807) is 20.0 Å². The highest BCUT2D eigenvalue weighted by Gasteiger charge is 2.35. The van der Waals surface area contributed by atoms with Crippen molar-refractivity contribution in [1.82, 2.24) is 67.8 Å². The molecule has 8 atom stereocenters. The van der Waals surface area contributed by atoms with E-state index >= 15 is 0 Å². The van der Waals surface area contributed by atoms with Crippen LogP contribution in [0.25, 0.3) is 21.8 Å². The first kappa shape index (κ1) is 61.1. The van der Waals surface area contributed by atoms with E-state index in [2.05, 4.69) is 67.8 Å². The summed E-state index contributed by atoms with van der Waals surface area (Å²) in [5.41, 5.74) is 16.0. The first-order chi connectivity index (χ1) is 38.1. The molecule has 2 aromatic carbocycles. The van der Waals surface area contributed by atoms with Crippen molar-refractivity contribution in [2.75, 3.05) is 13.1 Å². The fourth-order valence-electron chi connectivity index (χ4n) is 9.82. The molecular formula is C56H79N15O9. The van der Waals surface area contributed by atoms with Crippen LogP contribution in [0.5, 0.6) is 0 Å². The van der Waals surface area contributed by atoms with Gasteiger partial charge in [-0.3, -0.25) is 48.5 Å². The molecule has 8 unspecified atom stereocenters. The Labute approximate surface area is 464 Å². The van der Waals surface area contributed by atoms with Crippen LogP contribution >= 0.6 is 0 Å². The van der Waals surface area contributed by atoms with Crippen LogP contribution < -0.4 is 59.3 Å². The van der Waals surface area contributed by atoms with Crippen molar-refractivity contribution in [2.45, 2.75) is 148 Å². The Morgan fingerprint density at radius 2 is 1.34 bits per heavy atom. The predicted octanol–water partition coefficient (Wildman–Crippen LogP) is 0.374. The summed E-state index contributed by atoms with van der Waals surface area (Å²) in [6.45, 7) is 12.7. The second kappa shape index (κ2) is 28.7. The van der Waals surface area contributed by atoms with Gasteiger partial charge in [0.2, 0.25) is 53.2 Å². The third-order valence-electron chi connectivity index (χ3n) is 14.0. The molecule has 24 nitrogen and oxygen atoms in total. The molecule has 0 radical (unpaired) electrons. The van der Waals surface area contributed by atoms with Crippen molar-refractivity contribution in [3.8, 4) is 0 Å². The Balaban J connectivity index is 1.09. The van der Waals surface area contributed by atoms with Gasteiger partial charge in [-0.2, -0.15) is 0 Å². The van der Waals surface area contributed by atoms with Gasteiger partial charge in [-0.1, -0.05) is 77.9 Å². The predicted molar refractivity (Wildman–Crippen MR) is 300 cm³/mol. The lowest BCUT2D eigenvalue weighted by Gasteiger charge is -2.28. The van der Waals surface area contributed by atoms with E-state index in [0.717, 1.165) is 33.1 Å². The molecule has 0 bridgehead atoms. The number of amides is 9. The molecule has 0 saturated heterocycles. The molecule has 6 rings (SSSR count). The molecule has 4 heterocycles. The third kappa shape index (κ3) is 17.4. The minimum Gasteiger partial charge on any atom is -0.370 e. The van der Waals surface area contributed by atoms with Crippen LogP contribution in [0.3, 0.4) is 0 Å². The average Bonchev–Trinajstić information content (AvgIpc) is 4.26. The molecular weight excluding hydrogens is 1030 g/mol. The minimum absolute atomic E-state index is 0.0313. The fourth-order valence-corrected chi connectivity index (χ4v) is 9.82. The molecule has 16 N–H and O–H groups in total. The zero-order chi connectivity index (χ0) is 58.2. The number of carbonyl (C=O) groups excluding carboxylic acids is 9. The van der Waals surface area contributed by atoms with Gasteiger partial charge in [0, 0.05) is 84.0 Å². The summed E-state index contributed by atoms with van der Waals surface area (Å²) in [7, 11) is 0. The molecule has 0 fully saturated rings. The van der Waals surface area contributed by atoms with E-state index in [1.165, 1.54) is 19.4 Å². The number of rotatable bonds is 30. The molecule has 3 aromatic heterocycles. The van der Waals surface area contributed by atoms with Crippen LogP contribution in [0.15, 0.2) is 67.3 Å². The molecule has 0 aliphatic carbocycles. The van der Waals surface area contributed by atoms with Crippen molar-refractivity contribution in [1.29, 1.82) is 0 Å². The molecule has 24 heteroatoms. The molecule has 1 aliphatic rings. The molecule has 9 amide bonds. The largest absolute Gasteiger partial charge is 0.370 e. The lowest BCUT2D eigenvalue weighted by molar-refractivity contribution is -0.135. The van der Waals surface area contributed by atoms with Crippen molar-refractivity contribution < 1.29 is 43.2 Å². The summed E-state index contributed by atoms with van der Waals surface area (Å²) >= 11 is 0. The monoisotopic (exact) mass is 1110 g/mol. The van der Waals surface area contributed by atoms with Gasteiger partial charge in [0.25, 0.3) is 0 Å². The summed E-state index contributed by atoms with van der Waals surface area (Å²) in [6, 6.07) is 7.15. The van der Waals surface area contributed by atoms with Gasteiger partial charge in [-0.25, -0.2) is 4.98 Å². The quantitative estimate of drug-likeness (QED) is 0.0297. The summed E-state index contributed by atoms with van der Waals surface area (Å²) in [6.07, 6.45) is 5.59. The molecule has 0 saturated carbocycles. The van der Waals surface area contributed by atoms with Gasteiger partial charge < -0.3 is 69.0 Å². The summed E-state index contributed by atoms with van der Waals surface area (Å²) < 4.78 is 0. The van der Waals surface area contributed by atoms with E-state index in [-0.39, 0.29) is 44.1 Å². The number of nitrogens with two attached hydrogens (primary N) is 2. The number of primary amides is 2. The van der Waals surface area contributed by atoms with Crippen molar-refractivity contribution >= 4 is 75.0 Å². The number of fused-ring (bicyclic) bond motifs is 4. The van der Waals surface area contributed by atoms with Crippen LogP contribution in [-0.2, 0) is 69.0 Å². The maximum Gasteiger partial charge on any atom is 0.243 e. The van der Waals surface area contributed by atoms with E-state index in [4.69, 9.17) is 11.5 Å². The molecule has 0 spiro atoms. The summed E-state index contributed by atoms with van der Waals surface area (Å²) in [4.78, 5) is 135. The SMILES string of the molecule is CC(C)CC(CNC(CC(C)C)C(N)=O)NC(=O)C(Cc1cnc[nH]1)NC(=O)CNC(=O)C(NC(=O)C(C)NC(=O)C(Cc1c[nH]c2ccccc12)NC(=O)C(CCC(N)=O)NC(=O)C1Cc2c([nH]c3ccccc23)CN1)C(C)C.